The van der Waals surface area contributed by atoms with Gasteiger partial charge in [-0.05, 0) is 111 Å². The third-order valence-electron chi connectivity index (χ3n) is 11.2. The Morgan fingerprint density at radius 2 is 0.837 bits per heavy atom. The molecule has 7 fully saturated rings. The lowest BCUT2D eigenvalue weighted by Gasteiger charge is -2.49. The van der Waals surface area contributed by atoms with Crippen LogP contribution >= 0.6 is 23.4 Å². The van der Waals surface area contributed by atoms with Gasteiger partial charge < -0.3 is 5.11 Å². The first-order valence-electron chi connectivity index (χ1n) is 19.9. The van der Waals surface area contributed by atoms with Crippen molar-refractivity contribution in [3.05, 3.63) is 0 Å². The van der Waals surface area contributed by atoms with Gasteiger partial charge in [-0.25, -0.2) is 32.7 Å². The van der Waals surface area contributed by atoms with Crippen LogP contribution in [0, 0.1) is 0 Å². The highest BCUT2D eigenvalue weighted by molar-refractivity contribution is 7.72. The van der Waals surface area contributed by atoms with Gasteiger partial charge in [-0.15, -0.1) is 0 Å². The van der Waals surface area contributed by atoms with Crippen LogP contribution < -0.4 is 5.32 Å². The Balaban J connectivity index is 0.000000989. The van der Waals surface area contributed by atoms with Gasteiger partial charge in [0.1, 0.15) is 0 Å². The maximum Gasteiger partial charge on any atom is 0.300 e. The summed E-state index contributed by atoms with van der Waals surface area (Å²) in [5.41, 5.74) is 0.0738. The second kappa shape index (κ2) is 17.5. The van der Waals surface area contributed by atoms with Crippen LogP contribution in [-0.2, 0) is 4.79 Å². The van der Waals surface area contributed by atoms with Crippen LogP contribution in [-0.4, -0.2) is 141 Å². The molecule has 1 atom stereocenters. The van der Waals surface area contributed by atoms with E-state index in [4.69, 9.17) is 18.9 Å². The van der Waals surface area contributed by atoms with E-state index in [0.29, 0.717) is 6.17 Å². The summed E-state index contributed by atoms with van der Waals surface area (Å²) in [6.45, 7) is 24.0. The van der Waals surface area contributed by atoms with Gasteiger partial charge >= 0.3 is 0 Å². The number of hydrogen-bond acceptors (Lipinski definition) is 5. The molecular weight excluding hydrogens is 673 g/mol. The number of aliphatic carboxylic acids is 1. The highest BCUT2D eigenvalue weighted by Crippen LogP contribution is 2.74. The third kappa shape index (κ3) is 8.89. The molecule has 0 bridgehead atoms. The average molecular weight is 743 g/mol. The van der Waals surface area contributed by atoms with Crippen LogP contribution in [0.4, 0.5) is 0 Å². The van der Waals surface area contributed by atoms with Crippen LogP contribution in [0.5, 0.6) is 0 Å². The van der Waals surface area contributed by atoms with Crippen molar-refractivity contribution in [1.29, 1.82) is 0 Å². The summed E-state index contributed by atoms with van der Waals surface area (Å²) < 4.78 is 33.6. The molecule has 0 spiro atoms. The van der Waals surface area contributed by atoms with Crippen molar-refractivity contribution in [3.8, 4) is 0 Å². The Bertz CT molecular complexity index is 1010. The van der Waals surface area contributed by atoms with Gasteiger partial charge in [0.15, 0.2) is 15.0 Å². The highest BCUT2D eigenvalue weighted by Gasteiger charge is 2.49. The smallest absolute Gasteiger partial charge is 0.300 e. The van der Waals surface area contributed by atoms with Gasteiger partial charge in [-0.2, -0.15) is 9.03 Å². The minimum absolute atomic E-state index is 0.0738. The van der Waals surface area contributed by atoms with Crippen LogP contribution in [0.15, 0.2) is 9.03 Å². The van der Waals surface area contributed by atoms with Crippen molar-refractivity contribution in [3.63, 3.8) is 0 Å². The zero-order valence-corrected chi connectivity index (χ0v) is 34.1. The number of rotatable bonds is 10. The molecule has 12 nitrogen and oxygen atoms in total. The summed E-state index contributed by atoms with van der Waals surface area (Å²) in [5, 5.41) is 11.5. The molecule has 7 aliphatic heterocycles. The molecule has 0 amide bonds. The normalized spacial score (nSPS) is 27.9. The second-order valence-corrected chi connectivity index (χ2v) is 24.2. The summed E-state index contributed by atoms with van der Waals surface area (Å²) in [7, 11) is -5.16. The molecule has 0 aliphatic carbocycles. The summed E-state index contributed by atoms with van der Waals surface area (Å²) >= 11 is 0. The molecule has 0 radical (unpaired) electrons. The first-order valence-corrected chi connectivity index (χ1v) is 24.3. The Hall–Kier alpha value is 0.0400. The molecular formula is C34H69N10O2P3. The molecule has 1 unspecified atom stereocenters. The standard InChI is InChI=1S/C32H65N10P3.C2H4O2/c1-32(2,3)33-31-17-16-30-42(31)43(34-44(36-18-4-5-19-36,37-20-6-7-21-37)38-22-8-9-23-38)35-45(39-24-10-11-25-39,40-26-12-13-27-40)41-28-14-15-29-41;1-2(3)4/h31,33H,4-30H2,1-3H3;1H3,(H,3,4). The van der Waals surface area contributed by atoms with E-state index in [1.807, 2.05) is 0 Å². The number of hydrogen-bond donors (Lipinski definition) is 2. The van der Waals surface area contributed by atoms with Crippen molar-refractivity contribution in [2.45, 2.75) is 129 Å². The minimum Gasteiger partial charge on any atom is -0.481 e. The largest absolute Gasteiger partial charge is 0.481 e. The molecule has 7 rings (SSSR count). The molecule has 15 heteroatoms. The predicted octanol–water partition coefficient (Wildman–Crippen LogP) is 7.58. The molecule has 7 aliphatic rings. The van der Waals surface area contributed by atoms with Crippen molar-refractivity contribution < 1.29 is 9.90 Å². The van der Waals surface area contributed by atoms with E-state index in [-0.39, 0.29) is 5.54 Å². The molecule has 282 valence electrons. The van der Waals surface area contributed by atoms with E-state index in [1.165, 1.54) is 168 Å². The zero-order valence-electron chi connectivity index (χ0n) is 31.4. The van der Waals surface area contributed by atoms with Gasteiger partial charge in [0.05, 0.1) is 6.17 Å². The number of carbonyl (C=O) groups is 1. The molecule has 0 aromatic heterocycles. The fourth-order valence-electron chi connectivity index (χ4n) is 9.17. The SMILES string of the molecule is CC(=O)O.CC(C)(C)NC1CCCN1P(N=P(N1CCCC1)(N1CCCC1)N1CCCC1)N=P(N1CCCC1)(N1CCCC1)N1CCCC1. The molecule has 0 aromatic carbocycles. The van der Waals surface area contributed by atoms with Crippen molar-refractivity contribution in [2.75, 3.05) is 85.1 Å². The topological polar surface area (TPSA) is 96.7 Å². The summed E-state index contributed by atoms with van der Waals surface area (Å²) in [6, 6.07) is 0. The van der Waals surface area contributed by atoms with E-state index in [9.17, 15) is 0 Å². The van der Waals surface area contributed by atoms with Crippen molar-refractivity contribution >= 4 is 29.4 Å². The summed E-state index contributed by atoms with van der Waals surface area (Å²) in [6.07, 6.45) is 18.8. The first kappa shape index (κ1) is 38.8. The Morgan fingerprint density at radius 1 is 0.571 bits per heavy atom. The third-order valence-corrected chi connectivity index (χ3v) is 22.3. The maximum atomic E-state index is 9.00. The number of nitrogens with one attached hydrogen (secondary N) is 1. The van der Waals surface area contributed by atoms with Crippen LogP contribution in [0.1, 0.15) is 118 Å². The molecule has 2 N–H and O–H groups in total. The van der Waals surface area contributed by atoms with Gasteiger partial charge in [-0.3, -0.25) is 10.1 Å². The van der Waals surface area contributed by atoms with E-state index in [2.05, 4.69) is 58.8 Å². The molecule has 7 saturated heterocycles. The first-order chi connectivity index (χ1) is 23.6. The Morgan fingerprint density at radius 3 is 1.08 bits per heavy atom. The van der Waals surface area contributed by atoms with E-state index < -0.39 is 29.4 Å². The quantitative estimate of drug-likeness (QED) is 0.218. The lowest BCUT2D eigenvalue weighted by Crippen LogP contribution is -2.48. The highest BCUT2D eigenvalue weighted by atomic mass is 31.2. The van der Waals surface area contributed by atoms with E-state index in [1.54, 1.807) is 0 Å². The van der Waals surface area contributed by atoms with Crippen LogP contribution in [0.2, 0.25) is 0 Å². The van der Waals surface area contributed by atoms with Crippen LogP contribution in [0.3, 0.4) is 0 Å². The zero-order chi connectivity index (χ0) is 34.5. The van der Waals surface area contributed by atoms with Crippen molar-refractivity contribution in [2.24, 2.45) is 9.03 Å². The molecule has 0 aromatic rings. The Labute approximate surface area is 300 Å². The minimum atomic E-state index is -2.05. The lowest BCUT2D eigenvalue weighted by molar-refractivity contribution is -0.134. The van der Waals surface area contributed by atoms with Gasteiger partial charge in [0.25, 0.3) is 5.97 Å². The van der Waals surface area contributed by atoms with Crippen LogP contribution in [0.25, 0.3) is 0 Å². The number of nitrogens with zero attached hydrogens (tertiary/aromatic N) is 9. The number of carboxylic acid groups (broad SMARTS) is 1. The summed E-state index contributed by atoms with van der Waals surface area (Å²) in [4.78, 5) is 9.00. The molecule has 49 heavy (non-hydrogen) atoms. The Kier molecular flexibility index (Phi) is 13.8. The second-order valence-electron chi connectivity index (χ2n) is 16.2. The number of carboxylic acids is 1. The fraction of sp³-hybridized carbons (Fsp3) is 0.971. The fourth-order valence-corrected chi connectivity index (χ4v) is 22.7. The van der Waals surface area contributed by atoms with Gasteiger partial charge in [0, 0.05) is 97.5 Å². The summed E-state index contributed by atoms with van der Waals surface area (Å²) in [5.74, 6) is -0.833. The molecule has 7 heterocycles. The lowest BCUT2D eigenvalue weighted by atomic mass is 10.1. The van der Waals surface area contributed by atoms with E-state index >= 15 is 0 Å². The van der Waals surface area contributed by atoms with E-state index in [0.717, 1.165) is 13.5 Å². The molecule has 0 saturated carbocycles. The monoisotopic (exact) mass is 742 g/mol. The predicted molar refractivity (Wildman–Crippen MR) is 206 cm³/mol. The van der Waals surface area contributed by atoms with Gasteiger partial charge in [-0.1, -0.05) is 0 Å². The maximum absolute atomic E-state index is 9.00. The van der Waals surface area contributed by atoms with Crippen molar-refractivity contribution in [1.82, 2.24) is 38.0 Å². The van der Waals surface area contributed by atoms with Gasteiger partial charge in [0.2, 0.25) is 8.37 Å². The average Bonchev–Trinajstić information content (AvgIpc) is 3.92.